The third-order valence-electron chi connectivity index (χ3n) is 4.73. The molecule has 1 saturated heterocycles. The SMILES string of the molecule is Cc1noc(C)c1S(=O)(=O)N1CCCC2CCCCC21. The van der Waals surface area contributed by atoms with Gasteiger partial charge in [0.05, 0.1) is 0 Å². The quantitative estimate of drug-likeness (QED) is 0.842. The topological polar surface area (TPSA) is 63.4 Å². The number of aromatic nitrogens is 1. The summed E-state index contributed by atoms with van der Waals surface area (Å²) in [5.41, 5.74) is 0.473. The first kappa shape index (κ1) is 14.1. The van der Waals surface area contributed by atoms with E-state index in [0.717, 1.165) is 32.1 Å². The van der Waals surface area contributed by atoms with Gasteiger partial charge in [0.15, 0.2) is 5.76 Å². The molecule has 2 aliphatic rings. The standard InChI is InChI=1S/C14H22N2O3S/c1-10-14(11(2)19-15-10)20(17,18)16-9-5-7-12-6-3-4-8-13(12)16/h12-13H,3-9H2,1-2H3. The Morgan fingerprint density at radius 2 is 1.85 bits per heavy atom. The van der Waals surface area contributed by atoms with Crippen LogP contribution in [-0.4, -0.2) is 30.5 Å². The molecule has 1 saturated carbocycles. The van der Waals surface area contributed by atoms with Gasteiger partial charge in [-0.1, -0.05) is 18.0 Å². The van der Waals surface area contributed by atoms with E-state index in [2.05, 4.69) is 5.16 Å². The van der Waals surface area contributed by atoms with Gasteiger partial charge in [-0.3, -0.25) is 0 Å². The summed E-state index contributed by atoms with van der Waals surface area (Å²) in [6, 6.07) is 0.177. The molecule has 2 fully saturated rings. The summed E-state index contributed by atoms with van der Waals surface area (Å²) in [4.78, 5) is 0.281. The van der Waals surface area contributed by atoms with Crippen LogP contribution < -0.4 is 0 Å². The molecule has 1 aromatic heterocycles. The molecular weight excluding hydrogens is 276 g/mol. The minimum absolute atomic E-state index is 0.177. The predicted octanol–water partition coefficient (Wildman–Crippen LogP) is 2.63. The Labute approximate surface area is 120 Å². The second-order valence-corrected chi connectivity index (χ2v) is 7.85. The van der Waals surface area contributed by atoms with E-state index >= 15 is 0 Å². The lowest BCUT2D eigenvalue weighted by molar-refractivity contribution is 0.129. The van der Waals surface area contributed by atoms with Crippen molar-refractivity contribution in [1.29, 1.82) is 0 Å². The van der Waals surface area contributed by atoms with Crippen LogP contribution in [0.25, 0.3) is 0 Å². The molecule has 0 bridgehead atoms. The third-order valence-corrected chi connectivity index (χ3v) is 6.90. The highest BCUT2D eigenvalue weighted by Crippen LogP contribution is 2.38. The maximum atomic E-state index is 13.0. The Hall–Kier alpha value is -0.880. The number of piperidine rings is 1. The van der Waals surface area contributed by atoms with Crippen LogP contribution in [0.3, 0.4) is 0 Å². The zero-order chi connectivity index (χ0) is 14.3. The van der Waals surface area contributed by atoms with Gasteiger partial charge in [-0.15, -0.1) is 0 Å². The Morgan fingerprint density at radius 3 is 2.55 bits per heavy atom. The van der Waals surface area contributed by atoms with E-state index in [-0.39, 0.29) is 10.9 Å². The van der Waals surface area contributed by atoms with Gasteiger partial charge < -0.3 is 4.52 Å². The molecule has 5 nitrogen and oxygen atoms in total. The summed E-state index contributed by atoms with van der Waals surface area (Å²) in [5.74, 6) is 0.938. The lowest BCUT2D eigenvalue weighted by Crippen LogP contribution is -2.49. The fourth-order valence-electron chi connectivity index (χ4n) is 3.84. The van der Waals surface area contributed by atoms with Gasteiger partial charge >= 0.3 is 0 Å². The number of fused-ring (bicyclic) bond motifs is 1. The number of aryl methyl sites for hydroxylation is 2. The normalized spacial score (nSPS) is 28.3. The Morgan fingerprint density at radius 1 is 1.15 bits per heavy atom. The molecule has 2 atom stereocenters. The first-order valence-corrected chi connectivity index (χ1v) is 8.90. The molecule has 1 aliphatic heterocycles. The molecule has 112 valence electrons. The molecule has 0 N–H and O–H groups in total. The first-order valence-electron chi connectivity index (χ1n) is 7.46. The minimum atomic E-state index is -3.47. The molecule has 2 heterocycles. The van der Waals surface area contributed by atoms with E-state index in [1.54, 1.807) is 18.2 Å². The molecule has 0 aromatic carbocycles. The molecule has 6 heteroatoms. The second kappa shape index (κ2) is 5.15. The van der Waals surface area contributed by atoms with Gasteiger partial charge in [-0.25, -0.2) is 8.42 Å². The number of rotatable bonds is 2. The van der Waals surface area contributed by atoms with Gasteiger partial charge in [0.2, 0.25) is 10.0 Å². The lowest BCUT2D eigenvalue weighted by Gasteiger charge is -2.43. The van der Waals surface area contributed by atoms with Crippen LogP contribution in [0.1, 0.15) is 50.0 Å². The fraction of sp³-hybridized carbons (Fsp3) is 0.786. The molecule has 0 amide bonds. The summed E-state index contributed by atoms with van der Waals surface area (Å²) in [6.45, 7) is 4.01. The molecule has 0 spiro atoms. The van der Waals surface area contributed by atoms with E-state index in [0.29, 0.717) is 23.9 Å². The first-order chi connectivity index (χ1) is 9.51. The lowest BCUT2D eigenvalue weighted by atomic mass is 9.79. The van der Waals surface area contributed by atoms with Crippen molar-refractivity contribution in [3.63, 3.8) is 0 Å². The number of hydrogen-bond donors (Lipinski definition) is 0. The van der Waals surface area contributed by atoms with Crippen LogP contribution in [0.15, 0.2) is 9.42 Å². The van der Waals surface area contributed by atoms with E-state index in [4.69, 9.17) is 4.52 Å². The summed E-state index contributed by atoms with van der Waals surface area (Å²) in [7, 11) is -3.47. The van der Waals surface area contributed by atoms with Crippen molar-refractivity contribution < 1.29 is 12.9 Å². The second-order valence-electron chi connectivity index (χ2n) is 6.02. The summed E-state index contributed by atoms with van der Waals surface area (Å²) in [6.07, 6.45) is 6.66. The van der Waals surface area contributed by atoms with Crippen molar-refractivity contribution in [1.82, 2.24) is 9.46 Å². The molecule has 0 radical (unpaired) electrons. The smallest absolute Gasteiger partial charge is 0.248 e. The Balaban J connectivity index is 1.98. The average Bonchev–Trinajstić information content (AvgIpc) is 2.78. The summed E-state index contributed by atoms with van der Waals surface area (Å²) < 4.78 is 32.7. The highest BCUT2D eigenvalue weighted by atomic mass is 32.2. The van der Waals surface area contributed by atoms with Crippen LogP contribution in [0.4, 0.5) is 0 Å². The zero-order valence-corrected chi connectivity index (χ0v) is 12.9. The van der Waals surface area contributed by atoms with Gasteiger partial charge in [0.25, 0.3) is 0 Å². The van der Waals surface area contributed by atoms with Gasteiger partial charge in [0.1, 0.15) is 10.6 Å². The fourth-order valence-corrected chi connectivity index (χ4v) is 5.89. The van der Waals surface area contributed by atoms with Crippen molar-refractivity contribution in [3.8, 4) is 0 Å². The van der Waals surface area contributed by atoms with Crippen LogP contribution >= 0.6 is 0 Å². The van der Waals surface area contributed by atoms with Gasteiger partial charge in [-0.2, -0.15) is 4.31 Å². The van der Waals surface area contributed by atoms with E-state index in [9.17, 15) is 8.42 Å². The van der Waals surface area contributed by atoms with E-state index in [1.165, 1.54) is 6.42 Å². The zero-order valence-electron chi connectivity index (χ0n) is 12.1. The molecule has 3 rings (SSSR count). The Bertz CT molecular complexity index is 572. The van der Waals surface area contributed by atoms with E-state index in [1.807, 2.05) is 0 Å². The van der Waals surface area contributed by atoms with Crippen molar-refractivity contribution in [2.24, 2.45) is 5.92 Å². The highest BCUT2D eigenvalue weighted by Gasteiger charge is 2.41. The molecule has 20 heavy (non-hydrogen) atoms. The maximum Gasteiger partial charge on any atom is 0.248 e. The van der Waals surface area contributed by atoms with Crippen LogP contribution in [-0.2, 0) is 10.0 Å². The molecule has 2 unspecified atom stereocenters. The van der Waals surface area contributed by atoms with Crippen molar-refractivity contribution in [2.75, 3.05) is 6.54 Å². The Kier molecular flexibility index (Phi) is 3.62. The highest BCUT2D eigenvalue weighted by molar-refractivity contribution is 7.89. The maximum absolute atomic E-state index is 13.0. The van der Waals surface area contributed by atoms with Crippen molar-refractivity contribution in [3.05, 3.63) is 11.5 Å². The number of hydrogen-bond acceptors (Lipinski definition) is 4. The van der Waals surface area contributed by atoms with Crippen LogP contribution in [0, 0.1) is 19.8 Å². The third kappa shape index (κ3) is 2.19. The number of sulfonamides is 1. The average molecular weight is 298 g/mol. The number of nitrogens with zero attached hydrogens (tertiary/aromatic N) is 2. The van der Waals surface area contributed by atoms with Gasteiger partial charge in [-0.05, 0) is 45.4 Å². The molecule has 1 aromatic rings. The van der Waals surface area contributed by atoms with E-state index < -0.39 is 10.0 Å². The largest absolute Gasteiger partial charge is 0.360 e. The summed E-state index contributed by atoms with van der Waals surface area (Å²) in [5, 5.41) is 3.80. The monoisotopic (exact) mass is 298 g/mol. The summed E-state index contributed by atoms with van der Waals surface area (Å²) >= 11 is 0. The molecular formula is C14H22N2O3S. The molecule has 1 aliphatic carbocycles. The van der Waals surface area contributed by atoms with Gasteiger partial charge in [0, 0.05) is 12.6 Å². The van der Waals surface area contributed by atoms with Crippen LogP contribution in [0.2, 0.25) is 0 Å². The van der Waals surface area contributed by atoms with Crippen molar-refractivity contribution in [2.45, 2.75) is 63.3 Å². The van der Waals surface area contributed by atoms with Crippen molar-refractivity contribution >= 4 is 10.0 Å². The van der Waals surface area contributed by atoms with Crippen LogP contribution in [0.5, 0.6) is 0 Å². The minimum Gasteiger partial charge on any atom is -0.360 e. The predicted molar refractivity (Wildman–Crippen MR) is 74.8 cm³/mol.